The van der Waals surface area contributed by atoms with Crippen LogP contribution in [0.5, 0.6) is 11.5 Å². The number of rotatable bonds is 4. The van der Waals surface area contributed by atoms with Crippen molar-refractivity contribution in [1.82, 2.24) is 20.2 Å². The van der Waals surface area contributed by atoms with Crippen molar-refractivity contribution in [1.29, 1.82) is 0 Å². The van der Waals surface area contributed by atoms with E-state index in [0.717, 1.165) is 28.3 Å². The van der Waals surface area contributed by atoms with E-state index in [0.29, 0.717) is 12.1 Å². The van der Waals surface area contributed by atoms with Gasteiger partial charge in [-0.2, -0.15) is 0 Å². The summed E-state index contributed by atoms with van der Waals surface area (Å²) >= 11 is 0. The van der Waals surface area contributed by atoms with E-state index in [1.54, 1.807) is 4.68 Å². The molecule has 142 valence electrons. The third-order valence-corrected chi connectivity index (χ3v) is 4.94. The van der Waals surface area contributed by atoms with Crippen LogP contribution in [-0.2, 0) is 4.79 Å². The van der Waals surface area contributed by atoms with Gasteiger partial charge in [0.25, 0.3) is 0 Å². The van der Waals surface area contributed by atoms with Crippen molar-refractivity contribution >= 4 is 11.6 Å². The number of tetrazole rings is 1. The van der Waals surface area contributed by atoms with Gasteiger partial charge in [0.05, 0.1) is 5.69 Å². The Bertz CT molecular complexity index is 1130. The summed E-state index contributed by atoms with van der Waals surface area (Å²) < 4.78 is 7.55. The fourth-order valence-corrected chi connectivity index (χ4v) is 3.63. The fourth-order valence-electron chi connectivity index (χ4n) is 3.63. The Balaban J connectivity index is 1.40. The second kappa shape index (κ2) is 7.20. The minimum Gasteiger partial charge on any atom is -0.457 e. The number of carbonyl (C=O) groups excluding carboxylic acids is 1. The zero-order valence-electron chi connectivity index (χ0n) is 15.4. The average molecular weight is 383 g/mol. The molecule has 1 amide bonds. The SMILES string of the molecule is O=C(CC1c2ccccc2Oc2ccccc21)Nc1cccc(-n2cnnn2)c1. The number of nitrogens with zero attached hydrogens (tertiary/aromatic N) is 4. The van der Waals surface area contributed by atoms with Crippen LogP contribution in [0.4, 0.5) is 5.69 Å². The maximum atomic E-state index is 12.9. The molecule has 5 rings (SSSR count). The molecule has 0 saturated heterocycles. The molecule has 1 aliphatic heterocycles. The van der Waals surface area contributed by atoms with E-state index in [1.807, 2.05) is 72.8 Å². The first-order valence-corrected chi connectivity index (χ1v) is 9.27. The third-order valence-electron chi connectivity index (χ3n) is 4.94. The second-order valence-corrected chi connectivity index (χ2v) is 6.79. The normalized spacial score (nSPS) is 12.6. The lowest BCUT2D eigenvalue weighted by Crippen LogP contribution is -2.19. The molecule has 1 aromatic heterocycles. The van der Waals surface area contributed by atoms with E-state index in [1.165, 1.54) is 6.33 Å². The summed E-state index contributed by atoms with van der Waals surface area (Å²) in [4.78, 5) is 12.9. The van der Waals surface area contributed by atoms with Gasteiger partial charge in [0.1, 0.15) is 17.8 Å². The van der Waals surface area contributed by atoms with E-state index < -0.39 is 0 Å². The Labute approximate surface area is 167 Å². The highest BCUT2D eigenvalue weighted by atomic mass is 16.5. The summed E-state index contributed by atoms with van der Waals surface area (Å²) in [6.07, 6.45) is 1.82. The number of fused-ring (bicyclic) bond motifs is 2. The van der Waals surface area contributed by atoms with Gasteiger partial charge in [-0.15, -0.1) is 5.10 Å². The molecular weight excluding hydrogens is 366 g/mol. The molecule has 1 aliphatic rings. The summed E-state index contributed by atoms with van der Waals surface area (Å²) in [5, 5.41) is 14.2. The monoisotopic (exact) mass is 383 g/mol. The highest BCUT2D eigenvalue weighted by Crippen LogP contribution is 2.45. The predicted octanol–water partition coefficient (Wildman–Crippen LogP) is 3.93. The maximum Gasteiger partial charge on any atom is 0.225 e. The van der Waals surface area contributed by atoms with Gasteiger partial charge in [-0.3, -0.25) is 4.79 Å². The van der Waals surface area contributed by atoms with Crippen LogP contribution in [-0.4, -0.2) is 26.1 Å². The lowest BCUT2D eigenvalue weighted by atomic mass is 9.85. The summed E-state index contributed by atoms with van der Waals surface area (Å²) in [6.45, 7) is 0. The number of hydrogen-bond acceptors (Lipinski definition) is 5. The fraction of sp³-hybridized carbons (Fsp3) is 0.0909. The molecule has 0 spiro atoms. The first kappa shape index (κ1) is 17.1. The van der Waals surface area contributed by atoms with E-state index in [-0.39, 0.29) is 11.8 Å². The van der Waals surface area contributed by atoms with Crippen molar-refractivity contribution in [2.24, 2.45) is 0 Å². The van der Waals surface area contributed by atoms with Crippen LogP contribution < -0.4 is 10.1 Å². The molecule has 0 saturated carbocycles. The standard InChI is InChI=1S/C22H17N5O2/c28-22(24-15-6-5-7-16(12-15)27-14-23-25-26-27)13-19-17-8-1-3-10-20(17)29-21-11-4-2-9-18(19)21/h1-12,14,19H,13H2,(H,24,28). The Morgan fingerprint density at radius 2 is 1.69 bits per heavy atom. The maximum absolute atomic E-state index is 12.9. The highest BCUT2D eigenvalue weighted by molar-refractivity contribution is 5.92. The van der Waals surface area contributed by atoms with Gasteiger partial charge in [0.15, 0.2) is 0 Å². The quantitative estimate of drug-likeness (QED) is 0.577. The third kappa shape index (κ3) is 3.34. The molecule has 2 heterocycles. The smallest absolute Gasteiger partial charge is 0.225 e. The van der Waals surface area contributed by atoms with Gasteiger partial charge in [-0.25, -0.2) is 4.68 Å². The van der Waals surface area contributed by atoms with Crippen LogP contribution in [0.3, 0.4) is 0 Å². The van der Waals surface area contributed by atoms with E-state index in [4.69, 9.17) is 4.74 Å². The number of aromatic nitrogens is 4. The predicted molar refractivity (Wildman–Crippen MR) is 107 cm³/mol. The Hall–Kier alpha value is -4.00. The molecule has 7 heteroatoms. The average Bonchev–Trinajstić information content (AvgIpc) is 3.29. The lowest BCUT2D eigenvalue weighted by Gasteiger charge is -2.27. The Morgan fingerprint density at radius 1 is 0.966 bits per heavy atom. The number of hydrogen-bond donors (Lipinski definition) is 1. The van der Waals surface area contributed by atoms with Gasteiger partial charge in [0, 0.05) is 29.2 Å². The number of amides is 1. The molecule has 0 aliphatic carbocycles. The van der Waals surface area contributed by atoms with Crippen molar-refractivity contribution in [2.75, 3.05) is 5.32 Å². The molecule has 7 nitrogen and oxygen atoms in total. The zero-order chi connectivity index (χ0) is 19.6. The Morgan fingerprint density at radius 3 is 2.38 bits per heavy atom. The molecule has 0 fully saturated rings. The first-order chi connectivity index (χ1) is 14.3. The zero-order valence-corrected chi connectivity index (χ0v) is 15.4. The minimum absolute atomic E-state index is 0.0705. The summed E-state index contributed by atoms with van der Waals surface area (Å²) in [7, 11) is 0. The van der Waals surface area contributed by atoms with Crippen LogP contribution >= 0.6 is 0 Å². The van der Waals surface area contributed by atoms with Crippen molar-refractivity contribution in [3.05, 3.63) is 90.3 Å². The van der Waals surface area contributed by atoms with Crippen molar-refractivity contribution in [3.8, 4) is 17.2 Å². The van der Waals surface area contributed by atoms with Gasteiger partial charge >= 0.3 is 0 Å². The summed E-state index contributed by atoms with van der Waals surface area (Å²) in [6, 6.07) is 23.1. The number of ether oxygens (including phenoxy) is 1. The summed E-state index contributed by atoms with van der Waals surface area (Å²) in [5.41, 5.74) is 3.50. The van der Waals surface area contributed by atoms with E-state index in [2.05, 4.69) is 20.8 Å². The first-order valence-electron chi connectivity index (χ1n) is 9.27. The van der Waals surface area contributed by atoms with Gasteiger partial charge in [0.2, 0.25) is 5.91 Å². The van der Waals surface area contributed by atoms with E-state index >= 15 is 0 Å². The van der Waals surface area contributed by atoms with Crippen LogP contribution in [0.2, 0.25) is 0 Å². The van der Waals surface area contributed by atoms with Gasteiger partial charge in [-0.1, -0.05) is 42.5 Å². The number of nitrogens with one attached hydrogen (secondary N) is 1. The van der Waals surface area contributed by atoms with Crippen molar-refractivity contribution in [2.45, 2.75) is 12.3 Å². The van der Waals surface area contributed by atoms with Crippen molar-refractivity contribution in [3.63, 3.8) is 0 Å². The topological polar surface area (TPSA) is 81.9 Å². The Kier molecular flexibility index (Phi) is 4.25. The molecule has 0 radical (unpaired) electrons. The van der Waals surface area contributed by atoms with Crippen LogP contribution in [0, 0.1) is 0 Å². The highest BCUT2D eigenvalue weighted by Gasteiger charge is 2.28. The molecule has 0 atom stereocenters. The summed E-state index contributed by atoms with van der Waals surface area (Å²) in [5.74, 6) is 1.45. The van der Waals surface area contributed by atoms with Crippen LogP contribution in [0.15, 0.2) is 79.1 Å². The largest absolute Gasteiger partial charge is 0.457 e. The number of carbonyl (C=O) groups is 1. The molecule has 0 unspecified atom stereocenters. The minimum atomic E-state index is -0.0737. The van der Waals surface area contributed by atoms with Gasteiger partial charge < -0.3 is 10.1 Å². The molecule has 4 aromatic rings. The van der Waals surface area contributed by atoms with Crippen molar-refractivity contribution < 1.29 is 9.53 Å². The molecule has 1 N–H and O–H groups in total. The van der Waals surface area contributed by atoms with Gasteiger partial charge in [-0.05, 0) is 40.8 Å². The number of anilines is 1. The van der Waals surface area contributed by atoms with Crippen LogP contribution in [0.1, 0.15) is 23.5 Å². The second-order valence-electron chi connectivity index (χ2n) is 6.79. The molecule has 0 bridgehead atoms. The molecule has 3 aromatic carbocycles. The number of para-hydroxylation sites is 2. The lowest BCUT2D eigenvalue weighted by molar-refractivity contribution is -0.116. The number of benzene rings is 3. The molecular formula is C22H17N5O2. The molecule has 29 heavy (non-hydrogen) atoms. The van der Waals surface area contributed by atoms with Crippen LogP contribution in [0.25, 0.3) is 5.69 Å². The van der Waals surface area contributed by atoms with E-state index in [9.17, 15) is 4.79 Å².